The Kier molecular flexibility index (Phi) is 4.61. The van der Waals surface area contributed by atoms with Gasteiger partial charge in [-0.05, 0) is 50.3 Å². The van der Waals surface area contributed by atoms with E-state index in [-0.39, 0.29) is 0 Å². The third-order valence-corrected chi connectivity index (χ3v) is 4.59. The molecule has 1 N–H and O–H groups in total. The fourth-order valence-electron chi connectivity index (χ4n) is 3.36. The third-order valence-electron chi connectivity index (χ3n) is 4.34. The van der Waals surface area contributed by atoms with Gasteiger partial charge in [0.2, 0.25) is 0 Å². The Balaban J connectivity index is 1.59. The van der Waals surface area contributed by atoms with Gasteiger partial charge in [-0.25, -0.2) is 4.98 Å². The first-order valence-corrected chi connectivity index (χ1v) is 8.08. The summed E-state index contributed by atoms with van der Waals surface area (Å²) in [4.78, 5) is 4.18. The zero-order valence-corrected chi connectivity index (χ0v) is 13.1. The summed E-state index contributed by atoms with van der Waals surface area (Å²) in [6.07, 6.45) is 10.7. The van der Waals surface area contributed by atoms with Gasteiger partial charge in [0, 0.05) is 35.5 Å². The fraction of sp³-hybridized carbons (Fsp3) is 0.471. The van der Waals surface area contributed by atoms with Crippen LogP contribution in [-0.4, -0.2) is 21.6 Å². The highest BCUT2D eigenvalue weighted by molar-refractivity contribution is 6.30. The minimum Gasteiger partial charge on any atom is -0.333 e. The standard InChI is InChI=1S/C17H22ClN3/c1-13(11-14-5-7-15(18)8-6-14)20-16-3-2-4-17(16)21-10-9-19-12-21/h5-10,12-13,16-17,20H,2-4,11H2,1H3. The van der Waals surface area contributed by atoms with Crippen molar-refractivity contribution in [3.63, 3.8) is 0 Å². The molecule has 0 aliphatic heterocycles. The maximum atomic E-state index is 5.94. The van der Waals surface area contributed by atoms with Crippen LogP contribution in [0.25, 0.3) is 0 Å². The van der Waals surface area contributed by atoms with Gasteiger partial charge in [-0.3, -0.25) is 0 Å². The first kappa shape index (κ1) is 14.6. The van der Waals surface area contributed by atoms with Crippen molar-refractivity contribution < 1.29 is 0 Å². The van der Waals surface area contributed by atoms with E-state index < -0.39 is 0 Å². The average Bonchev–Trinajstić information content (AvgIpc) is 3.11. The molecule has 1 aromatic heterocycles. The summed E-state index contributed by atoms with van der Waals surface area (Å²) in [5.74, 6) is 0. The zero-order valence-electron chi connectivity index (χ0n) is 12.4. The zero-order chi connectivity index (χ0) is 14.7. The maximum Gasteiger partial charge on any atom is 0.0949 e. The van der Waals surface area contributed by atoms with Gasteiger partial charge in [0.05, 0.1) is 6.33 Å². The lowest BCUT2D eigenvalue weighted by molar-refractivity contribution is 0.358. The van der Waals surface area contributed by atoms with Gasteiger partial charge in [0.1, 0.15) is 0 Å². The lowest BCUT2D eigenvalue weighted by atomic mass is 10.0. The van der Waals surface area contributed by atoms with Crippen molar-refractivity contribution in [2.24, 2.45) is 0 Å². The number of hydrogen-bond donors (Lipinski definition) is 1. The van der Waals surface area contributed by atoms with Crippen LogP contribution in [-0.2, 0) is 6.42 Å². The Morgan fingerprint density at radius 3 is 2.86 bits per heavy atom. The first-order valence-electron chi connectivity index (χ1n) is 7.70. The van der Waals surface area contributed by atoms with E-state index in [2.05, 4.69) is 40.1 Å². The summed E-state index contributed by atoms with van der Waals surface area (Å²) in [5.41, 5.74) is 1.33. The van der Waals surface area contributed by atoms with Crippen LogP contribution in [0.4, 0.5) is 0 Å². The molecule has 0 spiro atoms. The fourth-order valence-corrected chi connectivity index (χ4v) is 3.48. The van der Waals surface area contributed by atoms with Gasteiger partial charge in [-0.2, -0.15) is 0 Å². The van der Waals surface area contributed by atoms with E-state index in [9.17, 15) is 0 Å². The molecule has 1 fully saturated rings. The molecule has 3 nitrogen and oxygen atoms in total. The Morgan fingerprint density at radius 2 is 2.14 bits per heavy atom. The average molecular weight is 304 g/mol. The van der Waals surface area contributed by atoms with Crippen LogP contribution in [0.1, 0.15) is 37.8 Å². The molecule has 4 heteroatoms. The number of halogens is 1. The smallest absolute Gasteiger partial charge is 0.0949 e. The minimum atomic E-state index is 0.459. The van der Waals surface area contributed by atoms with Gasteiger partial charge >= 0.3 is 0 Å². The van der Waals surface area contributed by atoms with E-state index in [0.717, 1.165) is 11.4 Å². The van der Waals surface area contributed by atoms with Crippen LogP contribution in [0.2, 0.25) is 5.02 Å². The van der Waals surface area contributed by atoms with Gasteiger partial charge in [-0.15, -0.1) is 0 Å². The number of nitrogens with one attached hydrogen (secondary N) is 1. The first-order chi connectivity index (χ1) is 10.2. The van der Waals surface area contributed by atoms with Crippen molar-refractivity contribution in [3.8, 4) is 0 Å². The molecule has 1 aliphatic carbocycles. The molecule has 0 amide bonds. The maximum absolute atomic E-state index is 5.94. The summed E-state index contributed by atoms with van der Waals surface area (Å²) >= 11 is 5.94. The molecule has 1 aliphatic rings. The molecule has 3 rings (SSSR count). The molecule has 21 heavy (non-hydrogen) atoms. The normalized spacial score (nSPS) is 23.3. The van der Waals surface area contributed by atoms with Gasteiger partial charge in [0.25, 0.3) is 0 Å². The quantitative estimate of drug-likeness (QED) is 0.909. The molecule has 1 saturated carbocycles. The number of nitrogens with zero attached hydrogens (tertiary/aromatic N) is 2. The SMILES string of the molecule is CC(Cc1ccc(Cl)cc1)NC1CCCC1n1ccnc1. The second-order valence-electron chi connectivity index (χ2n) is 6.01. The van der Waals surface area contributed by atoms with Gasteiger partial charge in [0.15, 0.2) is 0 Å². The molecule has 112 valence electrons. The van der Waals surface area contributed by atoms with Crippen LogP contribution in [0.15, 0.2) is 43.0 Å². The summed E-state index contributed by atoms with van der Waals surface area (Å²) in [7, 11) is 0. The highest BCUT2D eigenvalue weighted by Crippen LogP contribution is 2.30. The van der Waals surface area contributed by atoms with E-state index in [1.54, 1.807) is 0 Å². The highest BCUT2D eigenvalue weighted by atomic mass is 35.5. The molecular formula is C17H22ClN3. The van der Waals surface area contributed by atoms with E-state index in [1.165, 1.54) is 24.8 Å². The van der Waals surface area contributed by atoms with Crippen LogP contribution in [0.3, 0.4) is 0 Å². The Hall–Kier alpha value is -1.32. The molecule has 0 bridgehead atoms. The predicted octanol–water partition coefficient (Wildman–Crippen LogP) is 3.85. The molecule has 3 unspecified atom stereocenters. The van der Waals surface area contributed by atoms with E-state index in [1.807, 2.05) is 24.7 Å². The van der Waals surface area contributed by atoms with Crippen molar-refractivity contribution >= 4 is 11.6 Å². The lowest BCUT2D eigenvalue weighted by Crippen LogP contribution is -2.40. The van der Waals surface area contributed by atoms with Gasteiger partial charge in [-0.1, -0.05) is 23.7 Å². The Labute approximate surface area is 131 Å². The van der Waals surface area contributed by atoms with E-state index in [4.69, 9.17) is 11.6 Å². The second kappa shape index (κ2) is 6.63. The number of aromatic nitrogens is 2. The van der Waals surface area contributed by atoms with Crippen LogP contribution in [0, 0.1) is 0 Å². The molecule has 3 atom stereocenters. The van der Waals surface area contributed by atoms with Crippen molar-refractivity contribution in [1.82, 2.24) is 14.9 Å². The van der Waals surface area contributed by atoms with Gasteiger partial charge < -0.3 is 9.88 Å². The molecule has 1 aromatic carbocycles. The molecule has 1 heterocycles. The van der Waals surface area contributed by atoms with Crippen molar-refractivity contribution in [1.29, 1.82) is 0 Å². The van der Waals surface area contributed by atoms with Crippen LogP contribution >= 0.6 is 11.6 Å². The second-order valence-corrected chi connectivity index (χ2v) is 6.45. The van der Waals surface area contributed by atoms with E-state index >= 15 is 0 Å². The predicted molar refractivity (Wildman–Crippen MR) is 86.7 cm³/mol. The van der Waals surface area contributed by atoms with Crippen LogP contribution < -0.4 is 5.32 Å². The third kappa shape index (κ3) is 3.66. The molecule has 0 radical (unpaired) electrons. The van der Waals surface area contributed by atoms with Crippen LogP contribution in [0.5, 0.6) is 0 Å². The number of benzene rings is 1. The summed E-state index contributed by atoms with van der Waals surface area (Å²) in [6.45, 7) is 2.26. The highest BCUT2D eigenvalue weighted by Gasteiger charge is 2.29. The number of imidazole rings is 1. The topological polar surface area (TPSA) is 29.9 Å². The monoisotopic (exact) mass is 303 g/mol. The summed E-state index contributed by atoms with van der Waals surface area (Å²) < 4.78 is 2.25. The molecular weight excluding hydrogens is 282 g/mol. The number of rotatable bonds is 5. The Bertz CT molecular complexity index is 550. The molecule has 0 saturated heterocycles. The Morgan fingerprint density at radius 1 is 1.33 bits per heavy atom. The lowest BCUT2D eigenvalue weighted by Gasteiger charge is -2.26. The van der Waals surface area contributed by atoms with Crippen molar-refractivity contribution in [2.45, 2.75) is 50.7 Å². The summed E-state index contributed by atoms with van der Waals surface area (Å²) in [5, 5.41) is 4.60. The number of hydrogen-bond acceptors (Lipinski definition) is 2. The van der Waals surface area contributed by atoms with Crippen molar-refractivity contribution in [3.05, 3.63) is 53.6 Å². The van der Waals surface area contributed by atoms with E-state index in [0.29, 0.717) is 18.1 Å². The minimum absolute atomic E-state index is 0.459. The summed E-state index contributed by atoms with van der Waals surface area (Å²) in [6, 6.07) is 9.70. The molecule has 2 aromatic rings. The van der Waals surface area contributed by atoms with Crippen molar-refractivity contribution in [2.75, 3.05) is 0 Å². The largest absolute Gasteiger partial charge is 0.333 e.